The van der Waals surface area contributed by atoms with Crippen molar-refractivity contribution >= 4 is 28.6 Å². The number of benzene rings is 2. The quantitative estimate of drug-likeness (QED) is 0.565. The number of amides is 2. The second-order valence-electron chi connectivity index (χ2n) is 8.52. The first-order valence-electron chi connectivity index (χ1n) is 10.1. The van der Waals surface area contributed by atoms with E-state index in [1.165, 1.54) is 0 Å². The van der Waals surface area contributed by atoms with Gasteiger partial charge in [-0.25, -0.2) is 4.79 Å². The molecule has 1 heterocycles. The molecule has 2 amide bonds. The molecule has 1 aromatic heterocycles. The van der Waals surface area contributed by atoms with Crippen molar-refractivity contribution in [3.63, 3.8) is 0 Å². The van der Waals surface area contributed by atoms with Crippen molar-refractivity contribution in [1.29, 1.82) is 0 Å². The minimum atomic E-state index is -0.793. The lowest BCUT2D eigenvalue weighted by molar-refractivity contribution is -0.118. The van der Waals surface area contributed by atoms with Crippen LogP contribution in [0.5, 0.6) is 0 Å². The third-order valence-corrected chi connectivity index (χ3v) is 4.84. The molecule has 0 aliphatic carbocycles. The van der Waals surface area contributed by atoms with Gasteiger partial charge in [0.2, 0.25) is 5.91 Å². The van der Waals surface area contributed by atoms with Crippen molar-refractivity contribution in [2.45, 2.75) is 52.7 Å². The molecule has 0 spiro atoms. The Morgan fingerprint density at radius 2 is 1.70 bits per heavy atom. The zero-order chi connectivity index (χ0) is 21.9. The van der Waals surface area contributed by atoms with E-state index < -0.39 is 17.7 Å². The van der Waals surface area contributed by atoms with Gasteiger partial charge in [0.1, 0.15) is 11.6 Å². The van der Waals surface area contributed by atoms with Crippen molar-refractivity contribution in [2.75, 3.05) is 5.32 Å². The Morgan fingerprint density at radius 1 is 1.03 bits per heavy atom. The number of nitrogens with one attached hydrogen (secondary N) is 3. The van der Waals surface area contributed by atoms with E-state index in [1.807, 2.05) is 62.5 Å². The number of hydrogen-bond donors (Lipinski definition) is 3. The smallest absolute Gasteiger partial charge is 0.408 e. The molecular formula is C24H29N3O3. The van der Waals surface area contributed by atoms with Crippen LogP contribution in [0.3, 0.4) is 0 Å². The van der Waals surface area contributed by atoms with Gasteiger partial charge in [-0.1, -0.05) is 36.4 Å². The molecule has 0 unspecified atom stereocenters. The molecule has 3 aromatic rings. The van der Waals surface area contributed by atoms with Crippen LogP contribution >= 0.6 is 0 Å². The third kappa shape index (κ3) is 5.20. The van der Waals surface area contributed by atoms with Gasteiger partial charge in [0.15, 0.2) is 0 Å². The summed E-state index contributed by atoms with van der Waals surface area (Å²) in [5.41, 5.74) is 3.97. The largest absolute Gasteiger partial charge is 0.444 e. The summed E-state index contributed by atoms with van der Waals surface area (Å²) in [5.74, 6) is -0.288. The van der Waals surface area contributed by atoms with Crippen LogP contribution < -0.4 is 10.6 Å². The summed E-state index contributed by atoms with van der Waals surface area (Å²) in [6.07, 6.45) is 1.59. The van der Waals surface area contributed by atoms with E-state index >= 15 is 0 Å². The Hall–Kier alpha value is -3.28. The van der Waals surface area contributed by atoms with Crippen LogP contribution in [0, 0.1) is 13.8 Å². The molecular weight excluding hydrogens is 378 g/mol. The molecule has 0 fully saturated rings. The highest BCUT2D eigenvalue weighted by molar-refractivity contribution is 5.98. The summed E-state index contributed by atoms with van der Waals surface area (Å²) >= 11 is 0. The summed E-state index contributed by atoms with van der Waals surface area (Å²) < 4.78 is 5.38. The van der Waals surface area contributed by atoms with Crippen molar-refractivity contribution in [3.05, 3.63) is 65.4 Å². The molecule has 1 atom stereocenters. The molecule has 30 heavy (non-hydrogen) atoms. The molecule has 0 radical (unpaired) electrons. The Kier molecular flexibility index (Phi) is 6.15. The van der Waals surface area contributed by atoms with Crippen LogP contribution in [0.4, 0.5) is 10.5 Å². The van der Waals surface area contributed by atoms with Crippen LogP contribution in [0.15, 0.2) is 48.7 Å². The van der Waals surface area contributed by atoms with E-state index in [2.05, 4.69) is 15.6 Å². The minimum absolute atomic E-state index is 0.288. The molecule has 3 N–H and O–H groups in total. The number of anilines is 1. The second-order valence-corrected chi connectivity index (χ2v) is 8.52. The van der Waals surface area contributed by atoms with Gasteiger partial charge in [0, 0.05) is 29.2 Å². The van der Waals surface area contributed by atoms with Gasteiger partial charge in [-0.2, -0.15) is 0 Å². The number of para-hydroxylation sites is 2. The van der Waals surface area contributed by atoms with Gasteiger partial charge in [0.05, 0.1) is 0 Å². The average Bonchev–Trinajstić information content (AvgIpc) is 3.06. The highest BCUT2D eigenvalue weighted by Gasteiger charge is 2.26. The van der Waals surface area contributed by atoms with Gasteiger partial charge >= 0.3 is 6.09 Å². The first-order chi connectivity index (χ1) is 14.1. The molecule has 0 bridgehead atoms. The van der Waals surface area contributed by atoms with Gasteiger partial charge in [-0.3, -0.25) is 4.79 Å². The fourth-order valence-electron chi connectivity index (χ4n) is 3.40. The SMILES string of the molecule is Cc1cccc(C)c1NC(=O)[C@H](Cc1c[nH]c2ccccc12)NC(=O)OC(C)(C)C. The summed E-state index contributed by atoms with van der Waals surface area (Å²) in [7, 11) is 0. The van der Waals surface area contributed by atoms with E-state index in [0.717, 1.165) is 33.3 Å². The van der Waals surface area contributed by atoms with Crippen LogP contribution in [-0.2, 0) is 16.0 Å². The number of fused-ring (bicyclic) bond motifs is 1. The molecule has 0 aliphatic rings. The molecule has 6 heteroatoms. The van der Waals surface area contributed by atoms with Gasteiger partial charge in [0.25, 0.3) is 0 Å². The lowest BCUT2D eigenvalue weighted by Gasteiger charge is -2.24. The maximum atomic E-state index is 13.2. The Bertz CT molecular complexity index is 1040. The molecule has 6 nitrogen and oxygen atoms in total. The fourth-order valence-corrected chi connectivity index (χ4v) is 3.40. The highest BCUT2D eigenvalue weighted by atomic mass is 16.6. The average molecular weight is 408 g/mol. The van der Waals surface area contributed by atoms with E-state index in [0.29, 0.717) is 6.42 Å². The first-order valence-corrected chi connectivity index (χ1v) is 10.1. The Labute approximate surface area is 177 Å². The van der Waals surface area contributed by atoms with E-state index in [-0.39, 0.29) is 5.91 Å². The zero-order valence-corrected chi connectivity index (χ0v) is 18.1. The lowest BCUT2D eigenvalue weighted by Crippen LogP contribution is -2.47. The molecule has 158 valence electrons. The number of rotatable bonds is 5. The summed E-state index contributed by atoms with van der Waals surface area (Å²) in [6.45, 7) is 9.26. The predicted octanol–water partition coefficient (Wildman–Crippen LogP) is 4.86. The van der Waals surface area contributed by atoms with Crippen LogP contribution in [0.2, 0.25) is 0 Å². The van der Waals surface area contributed by atoms with Crippen molar-refractivity contribution in [1.82, 2.24) is 10.3 Å². The summed E-state index contributed by atoms with van der Waals surface area (Å²) in [6, 6.07) is 12.9. The van der Waals surface area contributed by atoms with E-state index in [4.69, 9.17) is 4.74 Å². The standard InChI is InChI=1S/C24H29N3O3/c1-15-9-8-10-16(2)21(15)27-22(28)20(26-23(29)30-24(3,4)5)13-17-14-25-19-12-7-6-11-18(17)19/h6-12,14,20,25H,13H2,1-5H3,(H,26,29)(H,27,28)/t20-/m0/s1. The van der Waals surface area contributed by atoms with Gasteiger partial charge < -0.3 is 20.4 Å². The number of ether oxygens (including phenoxy) is 1. The van der Waals surface area contributed by atoms with Gasteiger partial charge in [-0.05, 0) is 57.4 Å². The van der Waals surface area contributed by atoms with Crippen molar-refractivity contribution < 1.29 is 14.3 Å². The predicted molar refractivity (Wildman–Crippen MR) is 120 cm³/mol. The Morgan fingerprint density at radius 3 is 2.37 bits per heavy atom. The number of carbonyl (C=O) groups is 2. The van der Waals surface area contributed by atoms with Crippen LogP contribution in [0.1, 0.15) is 37.5 Å². The number of hydrogen-bond acceptors (Lipinski definition) is 3. The second kappa shape index (κ2) is 8.61. The summed E-state index contributed by atoms with van der Waals surface area (Å²) in [4.78, 5) is 28.8. The number of H-pyrrole nitrogens is 1. The third-order valence-electron chi connectivity index (χ3n) is 4.84. The molecule has 2 aromatic carbocycles. The van der Waals surface area contributed by atoms with E-state index in [9.17, 15) is 9.59 Å². The topological polar surface area (TPSA) is 83.2 Å². The van der Waals surface area contributed by atoms with Crippen molar-refractivity contribution in [3.8, 4) is 0 Å². The number of aryl methyl sites for hydroxylation is 2. The number of aromatic nitrogens is 1. The van der Waals surface area contributed by atoms with Crippen molar-refractivity contribution in [2.24, 2.45) is 0 Å². The molecule has 0 saturated carbocycles. The monoisotopic (exact) mass is 407 g/mol. The lowest BCUT2D eigenvalue weighted by atomic mass is 10.0. The number of alkyl carbamates (subject to hydrolysis) is 1. The van der Waals surface area contributed by atoms with Crippen LogP contribution in [-0.4, -0.2) is 28.6 Å². The van der Waals surface area contributed by atoms with Crippen LogP contribution in [0.25, 0.3) is 10.9 Å². The fraction of sp³-hybridized carbons (Fsp3) is 0.333. The number of aromatic amines is 1. The molecule has 0 aliphatic heterocycles. The number of carbonyl (C=O) groups excluding carboxylic acids is 2. The Balaban J connectivity index is 1.86. The molecule has 3 rings (SSSR count). The first kappa shape index (κ1) is 21.4. The maximum absolute atomic E-state index is 13.2. The van der Waals surface area contributed by atoms with E-state index in [1.54, 1.807) is 20.8 Å². The highest BCUT2D eigenvalue weighted by Crippen LogP contribution is 2.22. The normalized spacial score (nSPS) is 12.4. The van der Waals surface area contributed by atoms with Gasteiger partial charge in [-0.15, -0.1) is 0 Å². The minimum Gasteiger partial charge on any atom is -0.444 e. The zero-order valence-electron chi connectivity index (χ0n) is 18.1. The maximum Gasteiger partial charge on any atom is 0.408 e. The summed E-state index contributed by atoms with van der Waals surface area (Å²) in [5, 5.41) is 6.76. The molecule has 0 saturated heterocycles.